The molecule has 0 atom stereocenters. The number of halogens is 1. The van der Waals surface area contributed by atoms with E-state index in [1.54, 1.807) is 0 Å². The number of nitrogen functional groups attached to an aromatic ring is 1. The molecular weight excluding hydrogens is 286 g/mol. The van der Waals surface area contributed by atoms with Crippen LogP contribution in [0.1, 0.15) is 13.8 Å². The predicted molar refractivity (Wildman–Crippen MR) is 85.0 cm³/mol. The van der Waals surface area contributed by atoms with Gasteiger partial charge in [0.1, 0.15) is 0 Å². The van der Waals surface area contributed by atoms with Crippen molar-refractivity contribution in [1.82, 2.24) is 19.5 Å². The first-order valence-corrected chi connectivity index (χ1v) is 7.15. The van der Waals surface area contributed by atoms with Crippen molar-refractivity contribution in [2.24, 2.45) is 5.92 Å². The Bertz CT molecular complexity index is 794. The van der Waals surface area contributed by atoms with Crippen LogP contribution < -0.4 is 5.73 Å². The monoisotopic (exact) mass is 301 g/mol. The van der Waals surface area contributed by atoms with Crippen LogP contribution in [0.4, 0.5) is 5.95 Å². The number of hydrogen-bond acceptors (Lipinski definition) is 4. The van der Waals surface area contributed by atoms with Gasteiger partial charge in [0.2, 0.25) is 5.95 Å². The summed E-state index contributed by atoms with van der Waals surface area (Å²) >= 11 is 6.15. The third kappa shape index (κ3) is 2.69. The van der Waals surface area contributed by atoms with Crippen LogP contribution in [0.2, 0.25) is 5.02 Å². The first kappa shape index (κ1) is 13.8. The van der Waals surface area contributed by atoms with Gasteiger partial charge in [-0.05, 0) is 18.1 Å². The third-order valence-corrected chi connectivity index (χ3v) is 3.50. The first-order chi connectivity index (χ1) is 10.0. The summed E-state index contributed by atoms with van der Waals surface area (Å²) < 4.78 is 2.15. The molecule has 3 rings (SSSR count). The van der Waals surface area contributed by atoms with Gasteiger partial charge in [0.15, 0.2) is 0 Å². The molecule has 2 N–H and O–H groups in total. The Balaban J connectivity index is 2.08. The Kier molecular flexibility index (Phi) is 3.51. The molecule has 5 nitrogen and oxygen atoms in total. The van der Waals surface area contributed by atoms with Crippen LogP contribution in [0.3, 0.4) is 0 Å². The van der Waals surface area contributed by atoms with Gasteiger partial charge in [-0.3, -0.25) is 0 Å². The molecule has 108 valence electrons. The molecule has 0 amide bonds. The fourth-order valence-corrected chi connectivity index (χ4v) is 2.53. The van der Waals surface area contributed by atoms with Crippen LogP contribution in [0, 0.1) is 5.92 Å². The molecule has 3 aromatic rings. The molecular formula is C15H16ClN5. The van der Waals surface area contributed by atoms with Crippen LogP contribution in [-0.4, -0.2) is 19.5 Å². The average Bonchev–Trinajstić information content (AvgIpc) is 2.83. The van der Waals surface area contributed by atoms with Crippen molar-refractivity contribution in [3.05, 3.63) is 35.7 Å². The number of benzene rings is 1. The summed E-state index contributed by atoms with van der Waals surface area (Å²) in [4.78, 5) is 12.5. The molecule has 0 aliphatic heterocycles. The van der Waals surface area contributed by atoms with Crippen LogP contribution in [-0.2, 0) is 6.54 Å². The summed E-state index contributed by atoms with van der Waals surface area (Å²) in [6.45, 7) is 5.31. The van der Waals surface area contributed by atoms with Gasteiger partial charge >= 0.3 is 0 Å². The highest BCUT2D eigenvalue weighted by Gasteiger charge is 2.10. The molecule has 6 heteroatoms. The van der Waals surface area contributed by atoms with Crippen LogP contribution in [0.15, 0.2) is 30.7 Å². The molecule has 0 fully saturated rings. The van der Waals surface area contributed by atoms with Crippen molar-refractivity contribution in [1.29, 1.82) is 0 Å². The Morgan fingerprint density at radius 1 is 1.29 bits per heavy atom. The van der Waals surface area contributed by atoms with E-state index in [1.165, 1.54) is 6.20 Å². The van der Waals surface area contributed by atoms with E-state index >= 15 is 0 Å². The van der Waals surface area contributed by atoms with Gasteiger partial charge in [-0.2, -0.15) is 0 Å². The Morgan fingerprint density at radius 2 is 2.10 bits per heavy atom. The number of anilines is 1. The number of aromatic nitrogens is 4. The van der Waals surface area contributed by atoms with Crippen molar-refractivity contribution in [2.45, 2.75) is 20.4 Å². The van der Waals surface area contributed by atoms with E-state index in [4.69, 9.17) is 17.3 Å². The van der Waals surface area contributed by atoms with Gasteiger partial charge in [0, 0.05) is 12.1 Å². The summed E-state index contributed by atoms with van der Waals surface area (Å²) in [6, 6.07) is 5.99. The van der Waals surface area contributed by atoms with Crippen molar-refractivity contribution >= 4 is 28.6 Å². The summed E-state index contributed by atoms with van der Waals surface area (Å²) in [7, 11) is 0. The maximum atomic E-state index is 6.15. The summed E-state index contributed by atoms with van der Waals surface area (Å²) in [6.07, 6.45) is 3.38. The average molecular weight is 302 g/mol. The van der Waals surface area contributed by atoms with E-state index in [0.29, 0.717) is 16.6 Å². The highest BCUT2D eigenvalue weighted by atomic mass is 35.5. The summed E-state index contributed by atoms with van der Waals surface area (Å²) in [5.41, 5.74) is 9.17. The molecule has 0 aliphatic carbocycles. The van der Waals surface area contributed by atoms with Crippen LogP contribution in [0.5, 0.6) is 0 Å². The smallest absolute Gasteiger partial charge is 0.220 e. The fourth-order valence-electron chi connectivity index (χ4n) is 2.33. The van der Waals surface area contributed by atoms with E-state index in [-0.39, 0.29) is 5.95 Å². The van der Waals surface area contributed by atoms with Gasteiger partial charge in [0.25, 0.3) is 0 Å². The molecule has 1 aromatic carbocycles. The topological polar surface area (TPSA) is 69.6 Å². The standard InChI is InChI=1S/C15H16ClN5/c1-9(2)7-21-8-19-12-5-10(3-4-13(12)21)14-11(16)6-18-15(17)20-14/h3-6,8-9H,7H2,1-2H3,(H2,17,18,20). The van der Waals surface area contributed by atoms with E-state index in [2.05, 4.69) is 33.4 Å². The van der Waals surface area contributed by atoms with Gasteiger partial charge in [0.05, 0.1) is 34.3 Å². The van der Waals surface area contributed by atoms with E-state index in [0.717, 1.165) is 23.1 Å². The first-order valence-electron chi connectivity index (χ1n) is 6.78. The second-order valence-electron chi connectivity index (χ2n) is 5.42. The van der Waals surface area contributed by atoms with Crippen LogP contribution >= 0.6 is 11.6 Å². The quantitative estimate of drug-likeness (QED) is 0.805. The lowest BCUT2D eigenvalue weighted by atomic mass is 10.1. The van der Waals surface area contributed by atoms with E-state index < -0.39 is 0 Å². The second-order valence-corrected chi connectivity index (χ2v) is 5.83. The van der Waals surface area contributed by atoms with Gasteiger partial charge in [-0.25, -0.2) is 15.0 Å². The fraction of sp³-hybridized carbons (Fsp3) is 0.267. The van der Waals surface area contributed by atoms with Crippen molar-refractivity contribution in [3.63, 3.8) is 0 Å². The van der Waals surface area contributed by atoms with E-state index in [1.807, 2.05) is 24.5 Å². The molecule has 0 unspecified atom stereocenters. The molecule has 0 bridgehead atoms. The van der Waals surface area contributed by atoms with Gasteiger partial charge in [-0.1, -0.05) is 31.5 Å². The van der Waals surface area contributed by atoms with Gasteiger partial charge < -0.3 is 10.3 Å². The number of hydrogen-bond donors (Lipinski definition) is 1. The SMILES string of the molecule is CC(C)Cn1cnc2cc(-c3nc(N)ncc3Cl)ccc21. The minimum Gasteiger partial charge on any atom is -0.368 e. The van der Waals surface area contributed by atoms with Crippen molar-refractivity contribution < 1.29 is 0 Å². The maximum Gasteiger partial charge on any atom is 0.220 e. The zero-order valence-electron chi connectivity index (χ0n) is 11.9. The number of nitrogens with two attached hydrogens (primary N) is 1. The highest BCUT2D eigenvalue weighted by molar-refractivity contribution is 6.32. The maximum absolute atomic E-state index is 6.15. The lowest BCUT2D eigenvalue weighted by Crippen LogP contribution is -2.02. The van der Waals surface area contributed by atoms with Crippen molar-refractivity contribution in [2.75, 3.05) is 5.73 Å². The third-order valence-electron chi connectivity index (χ3n) is 3.22. The molecule has 2 heterocycles. The number of imidazole rings is 1. The minimum atomic E-state index is 0.208. The largest absolute Gasteiger partial charge is 0.368 e. The van der Waals surface area contributed by atoms with Gasteiger partial charge in [-0.15, -0.1) is 0 Å². The number of fused-ring (bicyclic) bond motifs is 1. The second kappa shape index (κ2) is 5.33. The summed E-state index contributed by atoms with van der Waals surface area (Å²) in [5.74, 6) is 0.776. The predicted octanol–water partition coefficient (Wildman–Crippen LogP) is 3.38. The van der Waals surface area contributed by atoms with E-state index in [9.17, 15) is 0 Å². The zero-order valence-corrected chi connectivity index (χ0v) is 12.7. The zero-order chi connectivity index (χ0) is 15.0. The number of nitrogens with zero attached hydrogens (tertiary/aromatic N) is 4. The highest BCUT2D eigenvalue weighted by Crippen LogP contribution is 2.28. The normalized spacial score (nSPS) is 11.4. The molecule has 0 spiro atoms. The molecule has 21 heavy (non-hydrogen) atoms. The van der Waals surface area contributed by atoms with Crippen LogP contribution in [0.25, 0.3) is 22.3 Å². The molecule has 2 aromatic heterocycles. The Morgan fingerprint density at radius 3 is 2.86 bits per heavy atom. The molecule has 0 radical (unpaired) electrons. The lowest BCUT2D eigenvalue weighted by Gasteiger charge is -2.08. The minimum absolute atomic E-state index is 0.208. The molecule has 0 saturated carbocycles. The molecule has 0 aliphatic rings. The summed E-state index contributed by atoms with van der Waals surface area (Å²) in [5, 5.41) is 0.477. The Labute approximate surface area is 127 Å². The Hall–Kier alpha value is -2.14. The number of rotatable bonds is 3. The lowest BCUT2D eigenvalue weighted by molar-refractivity contribution is 0.533. The molecule has 0 saturated heterocycles. The van der Waals surface area contributed by atoms with Crippen molar-refractivity contribution in [3.8, 4) is 11.3 Å².